The Morgan fingerprint density at radius 1 is 1.32 bits per heavy atom. The van der Waals surface area contributed by atoms with Gasteiger partial charge in [0.1, 0.15) is 0 Å². The Morgan fingerprint density at radius 3 is 2.53 bits per heavy atom. The van der Waals surface area contributed by atoms with Crippen molar-refractivity contribution >= 4 is 22.4 Å². The van der Waals surface area contributed by atoms with Crippen LogP contribution < -0.4 is 10.2 Å². The van der Waals surface area contributed by atoms with Gasteiger partial charge in [-0.3, -0.25) is 4.79 Å². The Kier molecular flexibility index (Phi) is 4.16. The summed E-state index contributed by atoms with van der Waals surface area (Å²) in [4.78, 5) is 17.4. The van der Waals surface area contributed by atoms with Crippen molar-refractivity contribution in [1.29, 1.82) is 0 Å². The zero-order valence-electron chi connectivity index (χ0n) is 11.3. The maximum absolute atomic E-state index is 10.8. The minimum absolute atomic E-state index is 0.0146. The second-order valence-corrected chi connectivity index (χ2v) is 5.35. The molecule has 1 aromatic heterocycles. The Balaban J connectivity index is 2.10. The summed E-state index contributed by atoms with van der Waals surface area (Å²) in [5, 5.41) is 5.83. The van der Waals surface area contributed by atoms with Gasteiger partial charge in [0.05, 0.1) is 5.69 Å². The predicted molar refractivity (Wildman–Crippen MR) is 79.4 cm³/mol. The molecule has 0 aliphatic heterocycles. The summed E-state index contributed by atoms with van der Waals surface area (Å²) in [6, 6.07) is 8.09. The van der Waals surface area contributed by atoms with Gasteiger partial charge in [-0.05, 0) is 5.56 Å². The first-order valence-corrected chi connectivity index (χ1v) is 6.91. The molecule has 5 heteroatoms. The molecule has 0 unspecified atom stereocenters. The van der Waals surface area contributed by atoms with Gasteiger partial charge < -0.3 is 10.2 Å². The molecule has 0 saturated carbocycles. The van der Waals surface area contributed by atoms with E-state index < -0.39 is 0 Å². The average Bonchev–Trinajstić information content (AvgIpc) is 2.86. The van der Waals surface area contributed by atoms with Gasteiger partial charge in [0.15, 0.2) is 5.13 Å². The van der Waals surface area contributed by atoms with Gasteiger partial charge in [-0.2, -0.15) is 0 Å². The summed E-state index contributed by atoms with van der Waals surface area (Å²) < 4.78 is 0. The summed E-state index contributed by atoms with van der Waals surface area (Å²) in [7, 11) is 3.97. The summed E-state index contributed by atoms with van der Waals surface area (Å²) in [5.41, 5.74) is 3.16. The molecular formula is C14H17N3OS. The molecule has 0 spiro atoms. The van der Waals surface area contributed by atoms with Crippen molar-refractivity contribution in [3.05, 3.63) is 35.2 Å². The van der Waals surface area contributed by atoms with Crippen molar-refractivity contribution in [2.24, 2.45) is 0 Å². The second-order valence-electron chi connectivity index (χ2n) is 4.52. The molecule has 0 aliphatic rings. The highest BCUT2D eigenvalue weighted by molar-refractivity contribution is 7.14. The largest absolute Gasteiger partial charge is 0.354 e. The van der Waals surface area contributed by atoms with Crippen LogP contribution in [0, 0.1) is 0 Å². The molecule has 0 atom stereocenters. The van der Waals surface area contributed by atoms with Crippen LogP contribution in [0.15, 0.2) is 29.6 Å². The maximum atomic E-state index is 10.8. The van der Waals surface area contributed by atoms with Crippen molar-refractivity contribution in [1.82, 2.24) is 10.3 Å². The molecule has 4 nitrogen and oxygen atoms in total. The van der Waals surface area contributed by atoms with E-state index >= 15 is 0 Å². The number of carbonyl (C=O) groups excluding carboxylic acids is 1. The van der Waals surface area contributed by atoms with E-state index in [1.807, 2.05) is 43.3 Å². The van der Waals surface area contributed by atoms with Gasteiger partial charge >= 0.3 is 0 Å². The van der Waals surface area contributed by atoms with Crippen LogP contribution >= 0.6 is 11.3 Å². The predicted octanol–water partition coefficient (Wildman–Crippen LogP) is 2.51. The molecule has 2 aromatic rings. The van der Waals surface area contributed by atoms with Crippen LogP contribution in [0.25, 0.3) is 11.3 Å². The molecule has 2 rings (SSSR count). The van der Waals surface area contributed by atoms with E-state index in [4.69, 9.17) is 0 Å². The Labute approximate surface area is 117 Å². The van der Waals surface area contributed by atoms with E-state index in [-0.39, 0.29) is 5.91 Å². The van der Waals surface area contributed by atoms with Crippen LogP contribution in [0.2, 0.25) is 0 Å². The van der Waals surface area contributed by atoms with Crippen LogP contribution in [0.1, 0.15) is 12.5 Å². The normalized spacial score (nSPS) is 10.3. The standard InChI is InChI=1S/C14H17N3OS/c1-10(18)15-8-11-4-6-12(7-5-11)13-9-19-14(16-13)17(2)3/h4-7,9H,8H2,1-3H3,(H,15,18). The van der Waals surface area contributed by atoms with Crippen LogP contribution in [0.3, 0.4) is 0 Å². The smallest absolute Gasteiger partial charge is 0.217 e. The Hall–Kier alpha value is -1.88. The van der Waals surface area contributed by atoms with E-state index in [1.54, 1.807) is 11.3 Å². The number of hydrogen-bond acceptors (Lipinski definition) is 4. The highest BCUT2D eigenvalue weighted by Gasteiger charge is 2.05. The van der Waals surface area contributed by atoms with E-state index in [1.165, 1.54) is 6.92 Å². The highest BCUT2D eigenvalue weighted by Crippen LogP contribution is 2.26. The van der Waals surface area contributed by atoms with Gasteiger partial charge in [-0.1, -0.05) is 24.3 Å². The monoisotopic (exact) mass is 275 g/mol. The van der Waals surface area contributed by atoms with Crippen LogP contribution in [-0.2, 0) is 11.3 Å². The number of nitrogens with one attached hydrogen (secondary N) is 1. The zero-order valence-corrected chi connectivity index (χ0v) is 12.1. The minimum atomic E-state index is -0.0146. The van der Waals surface area contributed by atoms with Crippen LogP contribution in [0.5, 0.6) is 0 Å². The van der Waals surface area contributed by atoms with Gasteiger partial charge in [0.25, 0.3) is 0 Å². The molecule has 0 aliphatic carbocycles. The lowest BCUT2D eigenvalue weighted by molar-refractivity contribution is -0.119. The third-order valence-electron chi connectivity index (χ3n) is 2.67. The zero-order chi connectivity index (χ0) is 13.8. The minimum Gasteiger partial charge on any atom is -0.354 e. The first-order valence-electron chi connectivity index (χ1n) is 6.03. The maximum Gasteiger partial charge on any atom is 0.217 e. The van der Waals surface area contributed by atoms with Gasteiger partial charge in [0.2, 0.25) is 5.91 Å². The number of thiazole rings is 1. The van der Waals surface area contributed by atoms with Crippen molar-refractivity contribution < 1.29 is 4.79 Å². The molecule has 0 radical (unpaired) electrons. The average molecular weight is 275 g/mol. The van der Waals surface area contributed by atoms with E-state index in [2.05, 4.69) is 15.7 Å². The molecule has 1 N–H and O–H groups in total. The number of carbonyl (C=O) groups is 1. The van der Waals surface area contributed by atoms with Gasteiger partial charge in [-0.15, -0.1) is 11.3 Å². The summed E-state index contributed by atoms with van der Waals surface area (Å²) in [6.07, 6.45) is 0. The Morgan fingerprint density at radius 2 is 2.00 bits per heavy atom. The highest BCUT2D eigenvalue weighted by atomic mass is 32.1. The van der Waals surface area contributed by atoms with Gasteiger partial charge in [-0.25, -0.2) is 4.98 Å². The second kappa shape index (κ2) is 5.84. The molecule has 1 heterocycles. The fraction of sp³-hybridized carbons (Fsp3) is 0.286. The molecule has 19 heavy (non-hydrogen) atoms. The summed E-state index contributed by atoms with van der Waals surface area (Å²) in [6.45, 7) is 2.09. The van der Waals surface area contributed by atoms with Crippen molar-refractivity contribution in [3.8, 4) is 11.3 Å². The van der Waals surface area contributed by atoms with E-state index in [9.17, 15) is 4.79 Å². The summed E-state index contributed by atoms with van der Waals surface area (Å²) >= 11 is 1.63. The van der Waals surface area contributed by atoms with Crippen molar-refractivity contribution in [3.63, 3.8) is 0 Å². The molecule has 0 saturated heterocycles. The van der Waals surface area contributed by atoms with Crippen LogP contribution in [0.4, 0.5) is 5.13 Å². The number of nitrogens with zero attached hydrogens (tertiary/aromatic N) is 2. The third-order valence-corrected chi connectivity index (χ3v) is 3.67. The van der Waals surface area contributed by atoms with Crippen molar-refractivity contribution in [2.45, 2.75) is 13.5 Å². The molecule has 100 valence electrons. The van der Waals surface area contributed by atoms with Crippen LogP contribution in [-0.4, -0.2) is 25.0 Å². The van der Waals surface area contributed by atoms with Gasteiger partial charge in [0, 0.05) is 38.5 Å². The van der Waals surface area contributed by atoms with E-state index in [0.29, 0.717) is 6.54 Å². The lowest BCUT2D eigenvalue weighted by Crippen LogP contribution is -2.18. The number of anilines is 1. The van der Waals surface area contributed by atoms with Crippen molar-refractivity contribution in [2.75, 3.05) is 19.0 Å². The SMILES string of the molecule is CC(=O)NCc1ccc(-c2csc(N(C)C)n2)cc1. The molecule has 1 aromatic carbocycles. The first kappa shape index (κ1) is 13.5. The third kappa shape index (κ3) is 3.54. The molecule has 1 amide bonds. The first-order chi connectivity index (χ1) is 9.06. The molecule has 0 bridgehead atoms. The molecule has 0 fully saturated rings. The van der Waals surface area contributed by atoms with E-state index in [0.717, 1.165) is 22.0 Å². The summed E-state index contributed by atoms with van der Waals surface area (Å²) in [5.74, 6) is -0.0146. The number of hydrogen-bond donors (Lipinski definition) is 1. The fourth-order valence-corrected chi connectivity index (χ4v) is 2.39. The number of rotatable bonds is 4. The molecular weight excluding hydrogens is 258 g/mol. The number of aromatic nitrogens is 1. The number of benzene rings is 1. The number of amides is 1. The lowest BCUT2D eigenvalue weighted by Gasteiger charge is -2.06. The fourth-order valence-electron chi connectivity index (χ4n) is 1.62. The topological polar surface area (TPSA) is 45.2 Å². The quantitative estimate of drug-likeness (QED) is 0.932. The lowest BCUT2D eigenvalue weighted by atomic mass is 10.1. The Bertz CT molecular complexity index is 560.